The minimum absolute atomic E-state index is 0.0589. The Hall–Kier alpha value is -1.53. The Morgan fingerprint density at radius 1 is 1.50 bits per heavy atom. The van der Waals surface area contributed by atoms with Gasteiger partial charge in [-0.3, -0.25) is 9.59 Å². The molecule has 0 saturated carbocycles. The average Bonchev–Trinajstić information content (AvgIpc) is 2.39. The summed E-state index contributed by atoms with van der Waals surface area (Å²) in [5.74, 6) is -0.259. The number of amides is 2. The van der Waals surface area contributed by atoms with Crippen molar-refractivity contribution in [2.75, 3.05) is 19.0 Å². The molecule has 0 fully saturated rings. The minimum Gasteiger partial charge on any atom is -0.383 e. The predicted octanol–water partition coefficient (Wildman–Crippen LogP) is 1.64. The predicted molar refractivity (Wildman–Crippen MR) is 78.8 cm³/mol. The van der Waals surface area contributed by atoms with Crippen molar-refractivity contribution in [2.24, 2.45) is 0 Å². The zero-order chi connectivity index (χ0) is 14.5. The molecule has 2 amide bonds. The van der Waals surface area contributed by atoms with E-state index in [0.29, 0.717) is 6.61 Å². The van der Waals surface area contributed by atoms with Gasteiger partial charge in [0.2, 0.25) is 11.8 Å². The average molecular weight is 294 g/mol. The van der Waals surface area contributed by atoms with Gasteiger partial charge in [-0.15, -0.1) is 11.8 Å². The molecule has 0 aliphatic carbocycles. The summed E-state index contributed by atoms with van der Waals surface area (Å²) in [5, 5.41) is 5.26. The molecule has 0 aromatic heterocycles. The third-order valence-corrected chi connectivity index (χ3v) is 4.18. The lowest BCUT2D eigenvalue weighted by Crippen LogP contribution is -2.39. The molecule has 0 saturated heterocycles. The van der Waals surface area contributed by atoms with E-state index in [4.69, 9.17) is 4.74 Å². The second-order valence-corrected chi connectivity index (χ2v) is 5.96. The molecule has 1 aliphatic rings. The van der Waals surface area contributed by atoms with Crippen LogP contribution in [0, 0.1) is 0 Å². The maximum Gasteiger partial charge on any atom is 0.238 e. The lowest BCUT2D eigenvalue weighted by molar-refractivity contribution is -0.124. The fourth-order valence-corrected chi connectivity index (χ4v) is 3.13. The fraction of sp³-hybridized carbons (Fsp3) is 0.429. The van der Waals surface area contributed by atoms with E-state index in [9.17, 15) is 9.59 Å². The number of anilines is 1. The zero-order valence-electron chi connectivity index (χ0n) is 11.5. The number of benzene rings is 1. The van der Waals surface area contributed by atoms with Crippen LogP contribution in [-0.2, 0) is 14.3 Å². The first-order valence-electron chi connectivity index (χ1n) is 6.45. The highest BCUT2D eigenvalue weighted by atomic mass is 32.2. The molecule has 2 N–H and O–H groups in total. The van der Waals surface area contributed by atoms with Gasteiger partial charge in [-0.05, 0) is 19.1 Å². The highest BCUT2D eigenvalue weighted by molar-refractivity contribution is 8.01. The molecular formula is C14H18N2O3S. The normalized spacial score (nSPS) is 18.9. The van der Waals surface area contributed by atoms with Crippen LogP contribution in [-0.4, -0.2) is 36.8 Å². The van der Waals surface area contributed by atoms with Crippen LogP contribution in [0.15, 0.2) is 29.2 Å². The Morgan fingerprint density at radius 2 is 2.25 bits per heavy atom. The van der Waals surface area contributed by atoms with Crippen molar-refractivity contribution in [3.63, 3.8) is 0 Å². The van der Waals surface area contributed by atoms with Crippen LogP contribution in [0.25, 0.3) is 0 Å². The first kappa shape index (κ1) is 14.9. The molecule has 0 spiro atoms. The number of nitrogens with one attached hydrogen (secondary N) is 2. The van der Waals surface area contributed by atoms with Crippen molar-refractivity contribution in [3.8, 4) is 0 Å². The summed E-state index contributed by atoms with van der Waals surface area (Å²) in [4.78, 5) is 24.9. The molecule has 2 rings (SSSR count). The van der Waals surface area contributed by atoms with Crippen molar-refractivity contribution in [1.82, 2.24) is 5.32 Å². The summed E-state index contributed by atoms with van der Waals surface area (Å²) < 4.78 is 4.96. The van der Waals surface area contributed by atoms with E-state index in [1.54, 1.807) is 7.11 Å². The van der Waals surface area contributed by atoms with Crippen LogP contribution in [0.2, 0.25) is 0 Å². The molecule has 1 heterocycles. The number of rotatable bonds is 5. The number of fused-ring (bicyclic) bond motifs is 1. The van der Waals surface area contributed by atoms with E-state index in [2.05, 4.69) is 10.6 Å². The molecule has 1 aromatic carbocycles. The molecule has 0 unspecified atom stereocenters. The van der Waals surface area contributed by atoms with Crippen LogP contribution < -0.4 is 10.6 Å². The molecule has 2 atom stereocenters. The molecule has 0 bridgehead atoms. The standard InChI is InChI=1S/C14H18N2O3S/c1-9(8-19-2)15-13(17)7-12-14(18)16-10-5-3-4-6-11(10)20-12/h3-6,9,12H,7-8H2,1-2H3,(H,15,17)(H,16,18)/t9-,12+/m1/s1. The first-order valence-corrected chi connectivity index (χ1v) is 7.33. The summed E-state index contributed by atoms with van der Waals surface area (Å²) in [6, 6.07) is 7.53. The monoisotopic (exact) mass is 294 g/mol. The van der Waals surface area contributed by atoms with E-state index in [-0.39, 0.29) is 29.5 Å². The largest absolute Gasteiger partial charge is 0.383 e. The summed E-state index contributed by atoms with van der Waals surface area (Å²) >= 11 is 1.43. The third kappa shape index (κ3) is 3.74. The minimum atomic E-state index is -0.389. The van der Waals surface area contributed by atoms with Crippen molar-refractivity contribution < 1.29 is 14.3 Å². The smallest absolute Gasteiger partial charge is 0.238 e. The van der Waals surface area contributed by atoms with Crippen LogP contribution >= 0.6 is 11.8 Å². The topological polar surface area (TPSA) is 67.4 Å². The molecule has 6 heteroatoms. The highest BCUT2D eigenvalue weighted by Gasteiger charge is 2.28. The molecule has 1 aromatic rings. The number of hydrogen-bond acceptors (Lipinski definition) is 4. The Kier molecular flexibility index (Phi) is 5.03. The third-order valence-electron chi connectivity index (χ3n) is 2.90. The van der Waals surface area contributed by atoms with Gasteiger partial charge in [-0.1, -0.05) is 12.1 Å². The highest BCUT2D eigenvalue weighted by Crippen LogP contribution is 2.36. The summed E-state index contributed by atoms with van der Waals surface area (Å²) in [5.41, 5.74) is 0.812. The van der Waals surface area contributed by atoms with Gasteiger partial charge in [0, 0.05) is 24.5 Å². The lowest BCUT2D eigenvalue weighted by atomic mass is 10.2. The van der Waals surface area contributed by atoms with Gasteiger partial charge in [0.1, 0.15) is 0 Å². The van der Waals surface area contributed by atoms with Crippen molar-refractivity contribution in [3.05, 3.63) is 24.3 Å². The molecule has 108 valence electrons. The number of para-hydroxylation sites is 1. The van der Waals surface area contributed by atoms with E-state index in [1.807, 2.05) is 31.2 Å². The quantitative estimate of drug-likeness (QED) is 0.866. The van der Waals surface area contributed by atoms with Crippen LogP contribution in [0.4, 0.5) is 5.69 Å². The van der Waals surface area contributed by atoms with Gasteiger partial charge >= 0.3 is 0 Å². The van der Waals surface area contributed by atoms with Crippen molar-refractivity contribution in [1.29, 1.82) is 0 Å². The Labute approximate surface area is 122 Å². The van der Waals surface area contributed by atoms with Gasteiger partial charge in [-0.25, -0.2) is 0 Å². The number of carbonyl (C=O) groups is 2. The number of thioether (sulfide) groups is 1. The fourth-order valence-electron chi connectivity index (χ4n) is 2.02. The molecule has 0 radical (unpaired) electrons. The van der Waals surface area contributed by atoms with E-state index < -0.39 is 0 Å². The van der Waals surface area contributed by atoms with E-state index >= 15 is 0 Å². The number of carbonyl (C=O) groups excluding carboxylic acids is 2. The maximum atomic E-state index is 12.0. The van der Waals surface area contributed by atoms with Crippen LogP contribution in [0.1, 0.15) is 13.3 Å². The summed E-state index contributed by atoms with van der Waals surface area (Å²) in [7, 11) is 1.59. The Balaban J connectivity index is 1.94. The van der Waals surface area contributed by atoms with E-state index in [1.165, 1.54) is 11.8 Å². The number of ether oxygens (including phenoxy) is 1. The van der Waals surface area contributed by atoms with Gasteiger partial charge in [0.25, 0.3) is 0 Å². The lowest BCUT2D eigenvalue weighted by Gasteiger charge is -2.24. The van der Waals surface area contributed by atoms with Crippen LogP contribution in [0.3, 0.4) is 0 Å². The Bertz CT molecular complexity index is 507. The van der Waals surface area contributed by atoms with Crippen molar-refractivity contribution in [2.45, 2.75) is 29.5 Å². The van der Waals surface area contributed by atoms with Crippen molar-refractivity contribution >= 4 is 29.3 Å². The van der Waals surface area contributed by atoms with Gasteiger partial charge in [-0.2, -0.15) is 0 Å². The number of hydrogen-bond donors (Lipinski definition) is 2. The van der Waals surface area contributed by atoms with Gasteiger partial charge in [0.05, 0.1) is 17.5 Å². The first-order chi connectivity index (χ1) is 9.60. The zero-order valence-corrected chi connectivity index (χ0v) is 12.3. The summed E-state index contributed by atoms with van der Waals surface area (Å²) in [6.07, 6.45) is 0.166. The van der Waals surface area contributed by atoms with Gasteiger partial charge in [0.15, 0.2) is 0 Å². The SMILES string of the molecule is COC[C@@H](C)NC(=O)C[C@@H]1Sc2ccccc2NC1=O. The van der Waals surface area contributed by atoms with E-state index in [0.717, 1.165) is 10.6 Å². The second-order valence-electron chi connectivity index (χ2n) is 4.72. The van der Waals surface area contributed by atoms with Crippen LogP contribution in [0.5, 0.6) is 0 Å². The Morgan fingerprint density at radius 3 is 3.00 bits per heavy atom. The molecule has 1 aliphatic heterocycles. The summed E-state index contributed by atoms with van der Waals surface area (Å²) in [6.45, 7) is 2.32. The molecule has 20 heavy (non-hydrogen) atoms. The maximum absolute atomic E-state index is 12.0. The second kappa shape index (κ2) is 6.76. The number of methoxy groups -OCH3 is 1. The molecule has 5 nitrogen and oxygen atoms in total. The molecular weight excluding hydrogens is 276 g/mol. The van der Waals surface area contributed by atoms with Gasteiger partial charge < -0.3 is 15.4 Å².